The molecule has 0 aromatic rings. The minimum absolute atomic E-state index is 0.0565. The van der Waals surface area contributed by atoms with Gasteiger partial charge in [-0.15, -0.1) is 0 Å². The summed E-state index contributed by atoms with van der Waals surface area (Å²) < 4.78 is 5.47. The molecule has 2 aliphatic carbocycles. The van der Waals surface area contributed by atoms with Crippen LogP contribution in [0.5, 0.6) is 0 Å². The van der Waals surface area contributed by atoms with Crippen LogP contribution in [0.3, 0.4) is 0 Å². The van der Waals surface area contributed by atoms with Crippen LogP contribution in [0.1, 0.15) is 38.5 Å². The van der Waals surface area contributed by atoms with Gasteiger partial charge >= 0.3 is 12.0 Å². The molecule has 1 unspecified atom stereocenters. The number of esters is 1. The maximum absolute atomic E-state index is 12.1. The van der Waals surface area contributed by atoms with E-state index < -0.39 is 12.3 Å². The van der Waals surface area contributed by atoms with Gasteiger partial charge in [0.2, 0.25) is 6.23 Å². The minimum Gasteiger partial charge on any atom is -0.438 e. The average Bonchev–Trinajstić information content (AvgIpc) is 2.93. The predicted molar refractivity (Wildman–Crippen MR) is 65.2 cm³/mol. The van der Waals surface area contributed by atoms with Crippen molar-refractivity contribution in [3.05, 3.63) is 0 Å². The molecule has 6 nitrogen and oxygen atoms in total. The third kappa shape index (κ3) is 2.08. The highest BCUT2D eigenvalue weighted by molar-refractivity contribution is 5.76. The van der Waals surface area contributed by atoms with Gasteiger partial charge in [-0.05, 0) is 25.7 Å². The standard InChI is InChI=1S/C13H20N2O4/c1-14-8-13(6-7-13)11(15(18)12(14)17)19-10(16)9-4-2-3-5-9/h9,11,18H,2-8H2,1H3. The Labute approximate surface area is 112 Å². The summed E-state index contributed by atoms with van der Waals surface area (Å²) >= 11 is 0. The van der Waals surface area contributed by atoms with Gasteiger partial charge in [-0.25, -0.2) is 4.79 Å². The van der Waals surface area contributed by atoms with Gasteiger partial charge in [-0.3, -0.25) is 10.0 Å². The van der Waals surface area contributed by atoms with Crippen LogP contribution in [0.25, 0.3) is 0 Å². The van der Waals surface area contributed by atoms with E-state index in [9.17, 15) is 14.8 Å². The molecular weight excluding hydrogens is 248 g/mol. The van der Waals surface area contributed by atoms with Gasteiger partial charge in [0.1, 0.15) is 0 Å². The van der Waals surface area contributed by atoms with Crippen molar-refractivity contribution in [3.8, 4) is 0 Å². The highest BCUT2D eigenvalue weighted by Gasteiger charge is 2.59. The van der Waals surface area contributed by atoms with E-state index in [2.05, 4.69) is 0 Å². The van der Waals surface area contributed by atoms with Crippen LogP contribution >= 0.6 is 0 Å². The highest BCUT2D eigenvalue weighted by Crippen LogP contribution is 2.53. The largest absolute Gasteiger partial charge is 0.438 e. The third-order valence-corrected chi connectivity index (χ3v) is 4.63. The first-order chi connectivity index (χ1) is 9.03. The Morgan fingerprint density at radius 2 is 2.00 bits per heavy atom. The van der Waals surface area contributed by atoms with E-state index in [1.54, 1.807) is 7.05 Å². The monoisotopic (exact) mass is 268 g/mol. The van der Waals surface area contributed by atoms with Crippen molar-refractivity contribution < 1.29 is 19.5 Å². The molecule has 6 heteroatoms. The number of nitrogens with zero attached hydrogens (tertiary/aromatic N) is 2. The number of amides is 2. The molecule has 0 aromatic heterocycles. The Morgan fingerprint density at radius 1 is 1.37 bits per heavy atom. The van der Waals surface area contributed by atoms with Crippen LogP contribution in [0, 0.1) is 11.3 Å². The molecule has 1 heterocycles. The number of carbonyl (C=O) groups is 2. The fraction of sp³-hybridized carbons (Fsp3) is 0.846. The predicted octanol–water partition coefficient (Wildman–Crippen LogP) is 1.58. The van der Waals surface area contributed by atoms with Gasteiger partial charge in [0.15, 0.2) is 0 Å². The summed E-state index contributed by atoms with van der Waals surface area (Å²) in [6, 6.07) is -0.498. The molecule has 1 aliphatic heterocycles. The molecule has 2 amide bonds. The Kier molecular flexibility index (Phi) is 2.92. The molecule has 19 heavy (non-hydrogen) atoms. The van der Waals surface area contributed by atoms with Crippen LogP contribution < -0.4 is 0 Å². The zero-order chi connectivity index (χ0) is 13.6. The van der Waals surface area contributed by atoms with Gasteiger partial charge in [-0.1, -0.05) is 12.8 Å². The molecule has 0 bridgehead atoms. The summed E-state index contributed by atoms with van der Waals surface area (Å²) in [6.45, 7) is 0.547. The summed E-state index contributed by atoms with van der Waals surface area (Å²) in [7, 11) is 1.65. The number of ether oxygens (including phenoxy) is 1. The molecule has 2 saturated carbocycles. The van der Waals surface area contributed by atoms with Crippen molar-refractivity contribution in [2.45, 2.75) is 44.8 Å². The van der Waals surface area contributed by atoms with E-state index in [4.69, 9.17) is 4.74 Å². The highest BCUT2D eigenvalue weighted by atomic mass is 16.6. The third-order valence-electron chi connectivity index (χ3n) is 4.63. The van der Waals surface area contributed by atoms with E-state index in [0.717, 1.165) is 38.5 Å². The Morgan fingerprint density at radius 3 is 2.58 bits per heavy atom. The lowest BCUT2D eigenvalue weighted by Gasteiger charge is -2.41. The fourth-order valence-corrected chi connectivity index (χ4v) is 3.26. The molecule has 3 rings (SSSR count). The van der Waals surface area contributed by atoms with Crippen molar-refractivity contribution in [1.29, 1.82) is 0 Å². The molecule has 0 aromatic carbocycles. The fourth-order valence-electron chi connectivity index (χ4n) is 3.26. The minimum atomic E-state index is -0.802. The molecule has 3 fully saturated rings. The van der Waals surface area contributed by atoms with Crippen LogP contribution in [-0.4, -0.2) is 47.0 Å². The molecule has 1 N–H and O–H groups in total. The van der Waals surface area contributed by atoms with E-state index in [1.807, 2.05) is 0 Å². The number of rotatable bonds is 2. The second-order valence-electron chi connectivity index (χ2n) is 6.12. The number of urea groups is 1. The van der Waals surface area contributed by atoms with Crippen LogP contribution in [-0.2, 0) is 9.53 Å². The second kappa shape index (κ2) is 4.37. The number of hydrogen-bond acceptors (Lipinski definition) is 4. The number of carbonyl (C=O) groups excluding carboxylic acids is 2. The van der Waals surface area contributed by atoms with E-state index in [1.165, 1.54) is 4.90 Å². The lowest BCUT2D eigenvalue weighted by molar-refractivity contribution is -0.228. The first-order valence-electron chi connectivity index (χ1n) is 6.97. The van der Waals surface area contributed by atoms with Crippen molar-refractivity contribution in [3.63, 3.8) is 0 Å². The van der Waals surface area contributed by atoms with Crippen molar-refractivity contribution in [2.75, 3.05) is 13.6 Å². The quantitative estimate of drug-likeness (QED) is 0.610. The van der Waals surface area contributed by atoms with Crippen molar-refractivity contribution >= 4 is 12.0 Å². The first kappa shape index (κ1) is 12.7. The number of hydrogen-bond donors (Lipinski definition) is 1. The van der Waals surface area contributed by atoms with Gasteiger partial charge < -0.3 is 9.64 Å². The molecule has 106 valence electrons. The Balaban J connectivity index is 1.71. The van der Waals surface area contributed by atoms with E-state index >= 15 is 0 Å². The molecule has 1 spiro atoms. The van der Waals surface area contributed by atoms with Crippen LogP contribution in [0.15, 0.2) is 0 Å². The van der Waals surface area contributed by atoms with E-state index in [-0.39, 0.29) is 17.3 Å². The maximum atomic E-state index is 12.1. The summed E-state index contributed by atoms with van der Waals surface area (Å²) in [6.07, 6.45) is 4.79. The summed E-state index contributed by atoms with van der Waals surface area (Å²) in [5.41, 5.74) is -0.258. The molecule has 1 saturated heterocycles. The summed E-state index contributed by atoms with van der Waals surface area (Å²) in [5.74, 6) is -0.316. The van der Waals surface area contributed by atoms with Gasteiger partial charge in [0, 0.05) is 19.0 Å². The Hall–Kier alpha value is -1.30. The average molecular weight is 268 g/mol. The zero-order valence-electron chi connectivity index (χ0n) is 11.2. The lowest BCUT2D eigenvalue weighted by atomic mass is 10.0. The Bertz CT molecular complexity index is 401. The SMILES string of the molecule is CN1CC2(CC2)C(OC(=O)C2CCCC2)N(O)C1=O. The topological polar surface area (TPSA) is 70.1 Å². The maximum Gasteiger partial charge on any atom is 0.346 e. The van der Waals surface area contributed by atoms with E-state index in [0.29, 0.717) is 11.6 Å². The molecule has 1 atom stereocenters. The lowest BCUT2D eigenvalue weighted by Crippen LogP contribution is -2.59. The molecular formula is C13H20N2O4. The van der Waals surface area contributed by atoms with Gasteiger partial charge in [0.25, 0.3) is 0 Å². The zero-order valence-corrected chi connectivity index (χ0v) is 11.2. The van der Waals surface area contributed by atoms with Gasteiger partial charge in [-0.2, -0.15) is 5.06 Å². The van der Waals surface area contributed by atoms with Crippen molar-refractivity contribution in [1.82, 2.24) is 9.96 Å². The molecule has 0 radical (unpaired) electrons. The smallest absolute Gasteiger partial charge is 0.346 e. The van der Waals surface area contributed by atoms with Crippen molar-refractivity contribution in [2.24, 2.45) is 11.3 Å². The number of hydroxylamine groups is 2. The van der Waals surface area contributed by atoms with Crippen LogP contribution in [0.2, 0.25) is 0 Å². The summed E-state index contributed by atoms with van der Waals surface area (Å²) in [4.78, 5) is 25.3. The van der Waals surface area contributed by atoms with Gasteiger partial charge in [0.05, 0.1) is 5.92 Å². The first-order valence-corrected chi connectivity index (χ1v) is 6.97. The summed E-state index contributed by atoms with van der Waals surface area (Å²) in [5, 5.41) is 10.5. The second-order valence-corrected chi connectivity index (χ2v) is 6.12. The normalized spacial score (nSPS) is 30.0. The molecule has 3 aliphatic rings. The van der Waals surface area contributed by atoms with Crippen LogP contribution in [0.4, 0.5) is 4.79 Å².